The van der Waals surface area contributed by atoms with Gasteiger partial charge >= 0.3 is 5.69 Å². The smallest absolute Gasteiger partial charge is 0.258 e. The van der Waals surface area contributed by atoms with Gasteiger partial charge < -0.3 is 0 Å². The molecule has 0 spiro atoms. The second-order valence-corrected chi connectivity index (χ2v) is 5.13. The molecule has 0 N–H and O–H groups in total. The van der Waals surface area contributed by atoms with Gasteiger partial charge in [0, 0.05) is 11.4 Å². The SMILES string of the molecule is O=[N+]([O-])c1ccc(N=NC(CBr)c2ccccc2)c([N+](=O)[O-])c1. The molecule has 118 valence electrons. The number of hydrogen-bond donors (Lipinski definition) is 0. The second kappa shape index (κ2) is 7.54. The third-order valence-electron chi connectivity index (χ3n) is 3.00. The van der Waals surface area contributed by atoms with Crippen molar-refractivity contribution < 1.29 is 9.85 Å². The van der Waals surface area contributed by atoms with Gasteiger partial charge in [-0.2, -0.15) is 5.11 Å². The maximum Gasteiger partial charge on any atom is 0.303 e. The first-order chi connectivity index (χ1) is 11.0. The molecule has 1 atom stereocenters. The van der Waals surface area contributed by atoms with E-state index in [2.05, 4.69) is 26.2 Å². The summed E-state index contributed by atoms with van der Waals surface area (Å²) in [5.74, 6) is 0. The highest BCUT2D eigenvalue weighted by atomic mass is 79.9. The van der Waals surface area contributed by atoms with Crippen molar-refractivity contribution in [2.24, 2.45) is 10.2 Å². The van der Waals surface area contributed by atoms with Crippen molar-refractivity contribution >= 4 is 33.0 Å². The molecule has 2 aromatic rings. The molecule has 8 nitrogen and oxygen atoms in total. The number of hydrogen-bond acceptors (Lipinski definition) is 6. The van der Waals surface area contributed by atoms with Gasteiger partial charge in [0.15, 0.2) is 5.69 Å². The Balaban J connectivity index is 2.34. The standard InChI is InChI=1S/C14H11BrN4O4/c15-9-13(10-4-2-1-3-5-10)17-16-12-7-6-11(18(20)21)8-14(12)19(22)23/h1-8,13H,9H2. The lowest BCUT2D eigenvalue weighted by Gasteiger charge is -2.07. The molecule has 9 heteroatoms. The lowest BCUT2D eigenvalue weighted by molar-refractivity contribution is -0.393. The van der Waals surface area contributed by atoms with Crippen molar-refractivity contribution in [2.45, 2.75) is 6.04 Å². The second-order valence-electron chi connectivity index (χ2n) is 4.48. The van der Waals surface area contributed by atoms with Crippen LogP contribution in [0.3, 0.4) is 0 Å². The number of halogens is 1. The molecular formula is C14H11BrN4O4. The molecule has 2 aromatic carbocycles. The molecule has 0 saturated heterocycles. The Hall–Kier alpha value is -2.68. The Morgan fingerprint density at radius 3 is 2.30 bits per heavy atom. The average molecular weight is 379 g/mol. The molecule has 0 fully saturated rings. The highest BCUT2D eigenvalue weighted by molar-refractivity contribution is 9.09. The number of azo groups is 1. The number of nitro groups is 2. The molecule has 0 saturated carbocycles. The predicted octanol–water partition coefficient (Wildman–Crippen LogP) is 4.72. The third-order valence-corrected chi connectivity index (χ3v) is 3.62. The number of alkyl halides is 1. The van der Waals surface area contributed by atoms with E-state index in [1.165, 1.54) is 6.07 Å². The van der Waals surface area contributed by atoms with E-state index in [1.807, 2.05) is 30.3 Å². The van der Waals surface area contributed by atoms with Crippen LogP contribution in [0.4, 0.5) is 17.1 Å². The fourth-order valence-corrected chi connectivity index (χ4v) is 2.35. The lowest BCUT2D eigenvalue weighted by Crippen LogP contribution is -1.96. The zero-order valence-corrected chi connectivity index (χ0v) is 13.3. The minimum absolute atomic E-state index is 0.0255. The number of nitro benzene ring substituents is 2. The zero-order valence-electron chi connectivity index (χ0n) is 11.7. The quantitative estimate of drug-likeness (QED) is 0.313. The molecular weight excluding hydrogens is 368 g/mol. The van der Waals surface area contributed by atoms with Gasteiger partial charge in [0.1, 0.15) is 6.04 Å². The summed E-state index contributed by atoms with van der Waals surface area (Å²) in [6.07, 6.45) is 0. The van der Waals surface area contributed by atoms with Gasteiger partial charge in [-0.1, -0.05) is 46.3 Å². The van der Waals surface area contributed by atoms with Crippen LogP contribution in [-0.2, 0) is 0 Å². The minimum atomic E-state index is -0.715. The highest BCUT2D eigenvalue weighted by Crippen LogP contribution is 2.32. The predicted molar refractivity (Wildman–Crippen MR) is 87.2 cm³/mol. The summed E-state index contributed by atoms with van der Waals surface area (Å²) < 4.78 is 0. The van der Waals surface area contributed by atoms with Crippen LogP contribution in [-0.4, -0.2) is 15.2 Å². The molecule has 1 unspecified atom stereocenters. The van der Waals surface area contributed by atoms with Gasteiger partial charge in [-0.05, 0) is 11.6 Å². The Bertz CT molecular complexity index is 752. The number of nitrogens with zero attached hydrogens (tertiary/aromatic N) is 4. The number of benzene rings is 2. The first-order valence-electron chi connectivity index (χ1n) is 6.47. The summed E-state index contributed by atoms with van der Waals surface area (Å²) in [4.78, 5) is 20.3. The van der Waals surface area contributed by atoms with E-state index in [9.17, 15) is 20.2 Å². The van der Waals surface area contributed by atoms with E-state index in [1.54, 1.807) is 0 Å². The van der Waals surface area contributed by atoms with E-state index in [4.69, 9.17) is 0 Å². The van der Waals surface area contributed by atoms with Gasteiger partial charge in [-0.25, -0.2) is 0 Å². The summed E-state index contributed by atoms with van der Waals surface area (Å²) in [5.41, 5.74) is 0.0558. The van der Waals surface area contributed by atoms with Crippen LogP contribution < -0.4 is 0 Å². The summed E-state index contributed by atoms with van der Waals surface area (Å²) in [5, 5.41) is 30.3. The Morgan fingerprint density at radius 2 is 1.74 bits per heavy atom. The van der Waals surface area contributed by atoms with Gasteiger partial charge in [-0.3, -0.25) is 20.2 Å². The van der Waals surface area contributed by atoms with Gasteiger partial charge in [0.05, 0.1) is 15.9 Å². The zero-order chi connectivity index (χ0) is 16.8. The topological polar surface area (TPSA) is 111 Å². The van der Waals surface area contributed by atoms with Crippen LogP contribution in [0.1, 0.15) is 11.6 Å². The van der Waals surface area contributed by atoms with E-state index in [0.717, 1.165) is 17.7 Å². The first-order valence-corrected chi connectivity index (χ1v) is 7.59. The van der Waals surface area contributed by atoms with E-state index in [-0.39, 0.29) is 17.4 Å². The maximum atomic E-state index is 11.1. The molecule has 0 heterocycles. The van der Waals surface area contributed by atoms with Crippen LogP contribution in [0.5, 0.6) is 0 Å². The molecule has 23 heavy (non-hydrogen) atoms. The Labute approximate surface area is 139 Å². The van der Waals surface area contributed by atoms with Crippen LogP contribution in [0, 0.1) is 20.2 Å². The molecule has 0 bridgehead atoms. The fourth-order valence-electron chi connectivity index (χ4n) is 1.85. The van der Waals surface area contributed by atoms with Crippen molar-refractivity contribution in [3.8, 4) is 0 Å². The third kappa shape index (κ3) is 4.16. The summed E-state index contributed by atoms with van der Waals surface area (Å²) in [7, 11) is 0. The molecule has 2 rings (SSSR count). The average Bonchev–Trinajstić information content (AvgIpc) is 2.56. The van der Waals surface area contributed by atoms with Crippen LogP contribution in [0.15, 0.2) is 58.8 Å². The summed E-state index contributed by atoms with van der Waals surface area (Å²) in [6.45, 7) is 0. The normalized spacial score (nSPS) is 12.2. The van der Waals surface area contributed by atoms with Gasteiger partial charge in [-0.15, -0.1) is 5.11 Å². The summed E-state index contributed by atoms with van der Waals surface area (Å²) in [6, 6.07) is 12.3. The Morgan fingerprint density at radius 1 is 1.04 bits per heavy atom. The molecule has 0 aromatic heterocycles. The van der Waals surface area contributed by atoms with Gasteiger partial charge in [0.2, 0.25) is 0 Å². The first kappa shape index (κ1) is 16.7. The largest absolute Gasteiger partial charge is 0.303 e. The lowest BCUT2D eigenvalue weighted by atomic mass is 10.1. The number of non-ortho nitro benzene ring substituents is 1. The van der Waals surface area contributed by atoms with Crippen molar-refractivity contribution in [3.05, 3.63) is 74.3 Å². The van der Waals surface area contributed by atoms with Crippen LogP contribution >= 0.6 is 15.9 Å². The Kier molecular flexibility index (Phi) is 5.47. The highest BCUT2D eigenvalue weighted by Gasteiger charge is 2.19. The van der Waals surface area contributed by atoms with Crippen molar-refractivity contribution in [3.63, 3.8) is 0 Å². The van der Waals surface area contributed by atoms with Crippen molar-refractivity contribution in [1.82, 2.24) is 0 Å². The fraction of sp³-hybridized carbons (Fsp3) is 0.143. The van der Waals surface area contributed by atoms with Crippen molar-refractivity contribution in [2.75, 3.05) is 5.33 Å². The van der Waals surface area contributed by atoms with E-state index >= 15 is 0 Å². The minimum Gasteiger partial charge on any atom is -0.258 e. The molecule has 0 radical (unpaired) electrons. The number of rotatable bonds is 6. The molecule has 0 aliphatic heterocycles. The molecule has 0 aliphatic rings. The summed E-state index contributed by atoms with van der Waals surface area (Å²) >= 11 is 3.33. The molecule has 0 aliphatic carbocycles. The monoisotopic (exact) mass is 378 g/mol. The van der Waals surface area contributed by atoms with Gasteiger partial charge in [0.25, 0.3) is 5.69 Å². The van der Waals surface area contributed by atoms with Crippen LogP contribution in [0.2, 0.25) is 0 Å². The van der Waals surface area contributed by atoms with E-state index < -0.39 is 15.5 Å². The van der Waals surface area contributed by atoms with Crippen molar-refractivity contribution in [1.29, 1.82) is 0 Å². The maximum absolute atomic E-state index is 11.1. The van der Waals surface area contributed by atoms with Crippen LogP contribution in [0.25, 0.3) is 0 Å². The molecule has 0 amide bonds. The van der Waals surface area contributed by atoms with E-state index in [0.29, 0.717) is 5.33 Å².